The molecule has 1 N–H and O–H groups in total. The van der Waals surface area contributed by atoms with E-state index in [1.54, 1.807) is 0 Å². The third-order valence-electron chi connectivity index (χ3n) is 9.46. The van der Waals surface area contributed by atoms with Gasteiger partial charge in [-0.3, -0.25) is 0 Å². The van der Waals surface area contributed by atoms with E-state index < -0.39 is 11.0 Å². The maximum atomic E-state index is 12.3. The maximum Gasteiger partial charge on any atom is 0.147 e. The van der Waals surface area contributed by atoms with Gasteiger partial charge in [-0.25, -0.2) is 0 Å². The third kappa shape index (κ3) is 2.56. The number of hydrogen-bond donors (Lipinski definition) is 1. The Kier molecular flexibility index (Phi) is 4.73. The molecular formula is C27H31NO3S. The highest BCUT2D eigenvalue weighted by molar-refractivity contribution is 8.03. The predicted molar refractivity (Wildman–Crippen MR) is 124 cm³/mol. The minimum atomic E-state index is -0.854. The average molecular weight is 450 g/mol. The van der Waals surface area contributed by atoms with Gasteiger partial charge >= 0.3 is 0 Å². The van der Waals surface area contributed by atoms with Crippen molar-refractivity contribution in [3.63, 3.8) is 0 Å². The molecule has 1 aromatic carbocycles. The molecule has 5 aliphatic rings. The van der Waals surface area contributed by atoms with Crippen LogP contribution in [0.4, 0.5) is 0 Å². The second-order valence-corrected chi connectivity index (χ2v) is 11.8. The van der Waals surface area contributed by atoms with Gasteiger partial charge in [0.15, 0.2) is 0 Å². The van der Waals surface area contributed by atoms with Crippen molar-refractivity contribution in [2.75, 3.05) is 13.4 Å². The van der Waals surface area contributed by atoms with Gasteiger partial charge in [0.05, 0.1) is 35.2 Å². The standard InChI is InChI=1S/C27H31NO3S/c1-24-15-22(32-20-7-3-2-4-8-20)23-21(27(24,29)14-9-19(24)16-28)10-13-26-12-6-5-11-25(23,26)17-30-18-31-26/h2-5,7-8,11,19,21,29H,6,9-10,12-15,17-18H2,1H3/t19-,21-,24-,25+,26-,27+/m1/s1. The summed E-state index contributed by atoms with van der Waals surface area (Å²) in [6.45, 7) is 3.14. The van der Waals surface area contributed by atoms with Crippen LogP contribution in [0, 0.1) is 34.0 Å². The second-order valence-electron chi connectivity index (χ2n) is 10.6. The first kappa shape index (κ1) is 21.0. The van der Waals surface area contributed by atoms with E-state index in [-0.39, 0.29) is 22.9 Å². The normalized spacial score (nSPS) is 44.8. The van der Waals surface area contributed by atoms with Crippen LogP contribution < -0.4 is 0 Å². The van der Waals surface area contributed by atoms with Crippen LogP contribution in [-0.2, 0) is 9.47 Å². The lowest BCUT2D eigenvalue weighted by Gasteiger charge is -2.64. The van der Waals surface area contributed by atoms with Gasteiger partial charge < -0.3 is 14.6 Å². The molecule has 1 saturated heterocycles. The summed E-state index contributed by atoms with van der Waals surface area (Å²) in [6.07, 6.45) is 10.7. The quantitative estimate of drug-likeness (QED) is 0.596. The molecule has 0 radical (unpaired) electrons. The van der Waals surface area contributed by atoms with Crippen LogP contribution in [0.25, 0.3) is 0 Å². The number of fused-ring (bicyclic) bond motifs is 3. The number of rotatable bonds is 2. The van der Waals surface area contributed by atoms with Crippen LogP contribution in [0.5, 0.6) is 0 Å². The molecule has 168 valence electrons. The highest BCUT2D eigenvalue weighted by atomic mass is 32.2. The molecule has 1 aliphatic heterocycles. The summed E-state index contributed by atoms with van der Waals surface area (Å²) in [7, 11) is 0. The third-order valence-corrected chi connectivity index (χ3v) is 10.6. The van der Waals surface area contributed by atoms with Gasteiger partial charge in [0.1, 0.15) is 6.79 Å². The lowest BCUT2D eigenvalue weighted by molar-refractivity contribution is -0.266. The smallest absolute Gasteiger partial charge is 0.147 e. The topological polar surface area (TPSA) is 62.5 Å². The number of benzene rings is 1. The first-order valence-electron chi connectivity index (χ1n) is 12.0. The highest BCUT2D eigenvalue weighted by Gasteiger charge is 2.70. The molecule has 3 fully saturated rings. The number of ether oxygens (including phenoxy) is 2. The Morgan fingerprint density at radius 3 is 2.81 bits per heavy atom. The van der Waals surface area contributed by atoms with Gasteiger partial charge in [-0.1, -0.05) is 49.0 Å². The van der Waals surface area contributed by atoms with E-state index in [4.69, 9.17) is 9.47 Å². The van der Waals surface area contributed by atoms with E-state index in [0.717, 1.165) is 38.5 Å². The van der Waals surface area contributed by atoms with Gasteiger partial charge in [-0.15, -0.1) is 0 Å². The van der Waals surface area contributed by atoms with Crippen molar-refractivity contribution in [2.24, 2.45) is 22.7 Å². The van der Waals surface area contributed by atoms with Crippen molar-refractivity contribution < 1.29 is 14.6 Å². The lowest BCUT2D eigenvalue weighted by atomic mass is 9.46. The van der Waals surface area contributed by atoms with Crippen molar-refractivity contribution >= 4 is 11.8 Å². The zero-order chi connectivity index (χ0) is 22.0. The fourth-order valence-electron chi connectivity index (χ4n) is 7.78. The van der Waals surface area contributed by atoms with Crippen molar-refractivity contribution in [1.29, 1.82) is 5.26 Å². The van der Waals surface area contributed by atoms with E-state index in [1.807, 2.05) is 17.8 Å². The molecule has 0 unspecified atom stereocenters. The molecule has 32 heavy (non-hydrogen) atoms. The summed E-state index contributed by atoms with van der Waals surface area (Å²) in [5.74, 6) is -0.0858. The zero-order valence-electron chi connectivity index (χ0n) is 18.7. The van der Waals surface area contributed by atoms with Gasteiger partial charge in [0.2, 0.25) is 0 Å². The molecular weight excluding hydrogens is 418 g/mol. The number of aliphatic hydroxyl groups is 1. The van der Waals surface area contributed by atoms with Crippen LogP contribution in [0.3, 0.4) is 0 Å². The van der Waals surface area contributed by atoms with Gasteiger partial charge in [-0.2, -0.15) is 5.26 Å². The van der Waals surface area contributed by atoms with E-state index in [1.165, 1.54) is 15.4 Å². The van der Waals surface area contributed by atoms with Crippen molar-refractivity contribution in [3.8, 4) is 6.07 Å². The summed E-state index contributed by atoms with van der Waals surface area (Å²) in [5, 5.41) is 22.3. The number of hydrogen-bond acceptors (Lipinski definition) is 5. The summed E-state index contributed by atoms with van der Waals surface area (Å²) in [6, 6.07) is 13.1. The summed E-state index contributed by atoms with van der Waals surface area (Å²) >= 11 is 1.83. The average Bonchev–Trinajstić information content (AvgIpc) is 3.08. The van der Waals surface area contributed by atoms with Crippen molar-refractivity contribution in [3.05, 3.63) is 53.0 Å². The van der Waals surface area contributed by atoms with Crippen LogP contribution in [0.2, 0.25) is 0 Å². The SMILES string of the molecule is C[C@]12CC(Sc3ccccc3)=C3[C@@H](CC[C@]45CCC=C[C@]34COCO5)[C@@]1(O)CC[C@@H]2C#N. The van der Waals surface area contributed by atoms with E-state index in [9.17, 15) is 10.4 Å². The van der Waals surface area contributed by atoms with E-state index in [0.29, 0.717) is 19.8 Å². The van der Waals surface area contributed by atoms with E-state index in [2.05, 4.69) is 49.4 Å². The highest BCUT2D eigenvalue weighted by Crippen LogP contribution is 2.71. The zero-order valence-corrected chi connectivity index (χ0v) is 19.5. The number of allylic oxidation sites excluding steroid dienone is 2. The van der Waals surface area contributed by atoms with Crippen LogP contribution in [0.1, 0.15) is 51.9 Å². The van der Waals surface area contributed by atoms with Crippen LogP contribution >= 0.6 is 11.8 Å². The monoisotopic (exact) mass is 449 g/mol. The Bertz CT molecular complexity index is 1030. The Hall–Kier alpha value is -1.58. The Morgan fingerprint density at radius 1 is 1.16 bits per heavy atom. The van der Waals surface area contributed by atoms with Crippen LogP contribution in [-0.4, -0.2) is 29.7 Å². The van der Waals surface area contributed by atoms with Crippen LogP contribution in [0.15, 0.2) is 57.9 Å². The first-order chi connectivity index (χ1) is 15.5. The Labute approximate surface area is 194 Å². The first-order valence-corrected chi connectivity index (χ1v) is 12.8. The molecule has 6 atom stereocenters. The molecule has 5 heteroatoms. The molecule has 2 saturated carbocycles. The minimum absolute atomic E-state index is 0.0342. The van der Waals surface area contributed by atoms with Gasteiger partial charge in [-0.05, 0) is 67.6 Å². The Morgan fingerprint density at radius 2 is 2.00 bits per heavy atom. The molecule has 4 aliphatic carbocycles. The van der Waals surface area contributed by atoms with E-state index >= 15 is 0 Å². The maximum absolute atomic E-state index is 12.3. The molecule has 0 amide bonds. The van der Waals surface area contributed by atoms with Gasteiger partial charge in [0.25, 0.3) is 0 Å². The number of nitriles is 1. The fraction of sp³-hybridized carbons (Fsp3) is 0.593. The molecule has 1 aromatic rings. The summed E-state index contributed by atoms with van der Waals surface area (Å²) in [5.41, 5.74) is -0.519. The van der Waals surface area contributed by atoms with Crippen molar-refractivity contribution in [2.45, 2.75) is 68.0 Å². The Balaban J connectivity index is 1.58. The molecule has 1 heterocycles. The molecule has 0 bridgehead atoms. The second kappa shape index (κ2) is 7.21. The molecule has 4 nitrogen and oxygen atoms in total. The molecule has 6 rings (SSSR count). The summed E-state index contributed by atoms with van der Waals surface area (Å²) < 4.78 is 12.5. The van der Waals surface area contributed by atoms with Crippen molar-refractivity contribution in [1.82, 2.24) is 0 Å². The minimum Gasteiger partial charge on any atom is -0.389 e. The molecule has 0 spiro atoms. The summed E-state index contributed by atoms with van der Waals surface area (Å²) in [4.78, 5) is 2.53. The lowest BCUT2D eigenvalue weighted by Crippen LogP contribution is -2.66. The number of thioether (sulfide) groups is 1. The molecule has 0 aromatic heterocycles. The predicted octanol–water partition coefficient (Wildman–Crippen LogP) is 5.60. The largest absolute Gasteiger partial charge is 0.389 e. The number of nitrogens with zero attached hydrogens (tertiary/aromatic N) is 1. The fourth-order valence-corrected chi connectivity index (χ4v) is 9.16. The van der Waals surface area contributed by atoms with Gasteiger partial charge in [0, 0.05) is 16.2 Å².